The summed E-state index contributed by atoms with van der Waals surface area (Å²) < 4.78 is 29.8. The van der Waals surface area contributed by atoms with Crippen LogP contribution < -0.4 is 10.1 Å². The average molecular weight is 494 g/mol. The number of sulfone groups is 1. The Morgan fingerprint density at radius 2 is 1.94 bits per heavy atom. The Kier molecular flexibility index (Phi) is 6.24. The number of aromatic nitrogens is 2. The number of rotatable bonds is 7. The fourth-order valence-electron chi connectivity index (χ4n) is 2.69. The largest absolute Gasteiger partial charge is 0.486 e. The van der Waals surface area contributed by atoms with Gasteiger partial charge in [0.25, 0.3) is 0 Å². The first-order valence-corrected chi connectivity index (χ1v) is 12.9. The third-order valence-electron chi connectivity index (χ3n) is 4.15. The highest BCUT2D eigenvalue weighted by Gasteiger charge is 2.13. The van der Waals surface area contributed by atoms with Crippen molar-refractivity contribution in [1.82, 2.24) is 9.97 Å². The minimum absolute atomic E-state index is 0.0992. The van der Waals surface area contributed by atoms with Crippen LogP contribution in [0.5, 0.6) is 5.75 Å². The minimum Gasteiger partial charge on any atom is -0.486 e. The molecule has 4 rings (SSSR count). The van der Waals surface area contributed by atoms with Crippen molar-refractivity contribution in [1.29, 1.82) is 0 Å². The smallest absolute Gasteiger partial charge is 0.232 e. The van der Waals surface area contributed by atoms with Crippen LogP contribution in [0.1, 0.15) is 10.7 Å². The van der Waals surface area contributed by atoms with Crippen LogP contribution >= 0.6 is 34.3 Å². The van der Waals surface area contributed by atoms with Gasteiger partial charge in [-0.1, -0.05) is 22.9 Å². The Morgan fingerprint density at radius 3 is 2.68 bits per heavy atom. The van der Waals surface area contributed by atoms with Gasteiger partial charge in [-0.15, -0.1) is 11.3 Å². The number of benzene rings is 2. The molecule has 0 aliphatic rings. The number of halogens is 1. The molecule has 0 saturated carbocycles. The molecule has 0 spiro atoms. The number of hydrogen-bond acceptors (Lipinski definition) is 8. The number of hydrogen-bond donors (Lipinski definition) is 1. The molecule has 7 nitrogen and oxygen atoms in total. The van der Waals surface area contributed by atoms with E-state index in [2.05, 4.69) is 15.3 Å². The summed E-state index contributed by atoms with van der Waals surface area (Å²) in [5, 5.41) is 6.37. The molecule has 0 aliphatic carbocycles. The monoisotopic (exact) mass is 493 g/mol. The van der Waals surface area contributed by atoms with Crippen LogP contribution in [-0.2, 0) is 27.7 Å². The molecule has 2 aromatic carbocycles. The number of fused-ring (bicyclic) bond motifs is 1. The van der Waals surface area contributed by atoms with Gasteiger partial charge >= 0.3 is 0 Å². The zero-order valence-corrected chi connectivity index (χ0v) is 19.4. The summed E-state index contributed by atoms with van der Waals surface area (Å²) in [6.07, 6.45) is 1.25. The van der Waals surface area contributed by atoms with E-state index in [9.17, 15) is 13.2 Å². The van der Waals surface area contributed by atoms with Crippen molar-refractivity contribution in [2.45, 2.75) is 17.9 Å². The van der Waals surface area contributed by atoms with Crippen LogP contribution in [-0.4, -0.2) is 30.5 Å². The Hall–Kier alpha value is -2.53. The lowest BCUT2D eigenvalue weighted by Crippen LogP contribution is -2.14. The molecule has 4 aromatic rings. The summed E-state index contributed by atoms with van der Waals surface area (Å²) in [4.78, 5) is 21.4. The maximum Gasteiger partial charge on any atom is 0.232 e. The molecule has 0 fully saturated rings. The van der Waals surface area contributed by atoms with Crippen LogP contribution in [0.2, 0.25) is 5.02 Å². The fraction of sp³-hybridized carbons (Fsp3) is 0.150. The van der Waals surface area contributed by atoms with Gasteiger partial charge in [0, 0.05) is 16.7 Å². The standard InChI is InChI=1S/C20H16ClN3O4S3/c1-31(26,27)15-6-7-16-17(9-15)30-20(23-16)24-18(25)8-13-11-29-19(22-13)10-28-14-4-2-12(21)3-5-14/h2-7,9,11H,8,10H2,1H3,(H,23,24,25). The summed E-state index contributed by atoms with van der Waals surface area (Å²) in [5.41, 5.74) is 1.26. The highest BCUT2D eigenvalue weighted by Crippen LogP contribution is 2.28. The predicted molar refractivity (Wildman–Crippen MR) is 123 cm³/mol. The van der Waals surface area contributed by atoms with E-state index >= 15 is 0 Å². The van der Waals surface area contributed by atoms with Gasteiger partial charge in [-0.05, 0) is 42.5 Å². The van der Waals surface area contributed by atoms with Crippen LogP contribution in [0.25, 0.3) is 10.2 Å². The summed E-state index contributed by atoms with van der Waals surface area (Å²) in [6, 6.07) is 11.8. The van der Waals surface area contributed by atoms with Crippen LogP contribution in [0.4, 0.5) is 5.13 Å². The van der Waals surface area contributed by atoms with Crippen molar-refractivity contribution >= 4 is 65.4 Å². The van der Waals surface area contributed by atoms with Crippen molar-refractivity contribution < 1.29 is 17.9 Å². The molecule has 2 aromatic heterocycles. The number of nitrogens with zero attached hydrogens (tertiary/aromatic N) is 2. The van der Waals surface area contributed by atoms with Crippen LogP contribution in [0.15, 0.2) is 52.7 Å². The lowest BCUT2D eigenvalue weighted by Gasteiger charge is -2.03. The molecule has 1 N–H and O–H groups in total. The molecule has 1 amide bonds. The minimum atomic E-state index is -3.30. The molecule has 0 bridgehead atoms. The first-order valence-electron chi connectivity index (χ1n) is 8.98. The van der Waals surface area contributed by atoms with Gasteiger partial charge in [0.2, 0.25) is 5.91 Å². The number of amides is 1. The lowest BCUT2D eigenvalue weighted by molar-refractivity contribution is -0.115. The van der Waals surface area contributed by atoms with E-state index in [1.54, 1.807) is 36.4 Å². The molecular weight excluding hydrogens is 478 g/mol. The molecule has 11 heteroatoms. The third kappa shape index (κ3) is 5.59. The zero-order valence-electron chi connectivity index (χ0n) is 16.2. The topological polar surface area (TPSA) is 98.2 Å². The highest BCUT2D eigenvalue weighted by molar-refractivity contribution is 7.90. The SMILES string of the molecule is CS(=O)(=O)c1ccc2nc(NC(=O)Cc3csc(COc4ccc(Cl)cc4)n3)sc2c1. The quantitative estimate of drug-likeness (QED) is 0.405. The van der Waals surface area contributed by atoms with Crippen LogP contribution in [0, 0.1) is 0 Å². The van der Waals surface area contributed by atoms with E-state index in [-0.39, 0.29) is 17.2 Å². The summed E-state index contributed by atoms with van der Waals surface area (Å²) in [6.45, 7) is 0.300. The second kappa shape index (κ2) is 8.91. The molecule has 160 valence electrons. The Bertz CT molecular complexity index is 1350. The summed E-state index contributed by atoms with van der Waals surface area (Å²) in [5.74, 6) is 0.437. The molecule has 31 heavy (non-hydrogen) atoms. The molecule has 0 unspecified atom stereocenters. The van der Waals surface area contributed by atoms with Crippen LogP contribution in [0.3, 0.4) is 0 Å². The Labute approximate surface area is 191 Å². The van der Waals surface area contributed by atoms with Gasteiger partial charge in [-0.2, -0.15) is 0 Å². The van der Waals surface area contributed by atoms with Crippen molar-refractivity contribution in [3.8, 4) is 5.75 Å². The first kappa shape index (κ1) is 21.7. The molecular formula is C20H16ClN3O4S3. The number of thiazole rings is 2. The van der Waals surface area contributed by atoms with E-state index in [0.717, 1.165) is 11.3 Å². The van der Waals surface area contributed by atoms with E-state index in [1.165, 1.54) is 28.7 Å². The van der Waals surface area contributed by atoms with Gasteiger partial charge in [0.05, 0.1) is 27.2 Å². The van der Waals surface area contributed by atoms with Gasteiger partial charge < -0.3 is 10.1 Å². The molecule has 2 heterocycles. The second-order valence-electron chi connectivity index (χ2n) is 6.62. The number of anilines is 1. The normalized spacial score (nSPS) is 11.5. The number of nitrogens with one attached hydrogen (secondary N) is 1. The Balaban J connectivity index is 1.36. The number of carbonyl (C=O) groups is 1. The highest BCUT2D eigenvalue weighted by atomic mass is 35.5. The number of ether oxygens (including phenoxy) is 1. The van der Waals surface area contributed by atoms with Crippen molar-refractivity contribution in [3.63, 3.8) is 0 Å². The van der Waals surface area contributed by atoms with Crippen molar-refractivity contribution in [2.24, 2.45) is 0 Å². The molecule has 0 atom stereocenters. The van der Waals surface area contributed by atoms with E-state index < -0.39 is 9.84 Å². The third-order valence-corrected chi connectivity index (χ3v) is 7.32. The fourth-order valence-corrected chi connectivity index (χ4v) is 5.16. The number of carbonyl (C=O) groups excluding carboxylic acids is 1. The van der Waals surface area contributed by atoms with Crippen molar-refractivity contribution in [3.05, 3.63) is 63.6 Å². The van der Waals surface area contributed by atoms with Gasteiger partial charge in [0.1, 0.15) is 17.4 Å². The summed E-state index contributed by atoms with van der Waals surface area (Å²) in [7, 11) is -3.30. The van der Waals surface area contributed by atoms with E-state index in [0.29, 0.717) is 38.4 Å². The summed E-state index contributed by atoms with van der Waals surface area (Å²) >= 11 is 8.49. The molecule has 0 radical (unpaired) electrons. The van der Waals surface area contributed by atoms with E-state index in [4.69, 9.17) is 16.3 Å². The average Bonchev–Trinajstić information content (AvgIpc) is 3.32. The lowest BCUT2D eigenvalue weighted by atomic mass is 10.3. The van der Waals surface area contributed by atoms with E-state index in [1.807, 2.05) is 5.38 Å². The van der Waals surface area contributed by atoms with Gasteiger partial charge in [-0.3, -0.25) is 4.79 Å². The maximum atomic E-state index is 12.4. The molecule has 0 aliphatic heterocycles. The molecule has 0 saturated heterocycles. The zero-order chi connectivity index (χ0) is 22.0. The van der Waals surface area contributed by atoms with Gasteiger partial charge in [-0.25, -0.2) is 18.4 Å². The predicted octanol–water partition coefficient (Wildman–Crippen LogP) is 4.57. The first-order chi connectivity index (χ1) is 14.8. The van der Waals surface area contributed by atoms with Gasteiger partial charge in [0.15, 0.2) is 15.0 Å². The second-order valence-corrected chi connectivity index (χ2v) is 11.0. The maximum absolute atomic E-state index is 12.4. The Morgan fingerprint density at radius 1 is 1.16 bits per heavy atom. The van der Waals surface area contributed by atoms with Crippen molar-refractivity contribution in [2.75, 3.05) is 11.6 Å².